The molecule has 0 saturated heterocycles. The van der Waals surface area contributed by atoms with E-state index in [1.807, 2.05) is 6.92 Å². The number of amides is 1. The van der Waals surface area contributed by atoms with Gasteiger partial charge < -0.3 is 11.1 Å². The Morgan fingerprint density at radius 2 is 2.00 bits per heavy atom. The van der Waals surface area contributed by atoms with Gasteiger partial charge in [0.1, 0.15) is 5.78 Å². The van der Waals surface area contributed by atoms with Gasteiger partial charge >= 0.3 is 0 Å². The van der Waals surface area contributed by atoms with Gasteiger partial charge in [-0.15, -0.1) is 0 Å². The number of ketones is 1. The van der Waals surface area contributed by atoms with E-state index in [0.29, 0.717) is 19.5 Å². The fourth-order valence-corrected chi connectivity index (χ4v) is 3.72. The van der Waals surface area contributed by atoms with E-state index in [1.165, 1.54) is 0 Å². The lowest BCUT2D eigenvalue weighted by Crippen LogP contribution is -2.47. The van der Waals surface area contributed by atoms with E-state index in [1.54, 1.807) is 0 Å². The summed E-state index contributed by atoms with van der Waals surface area (Å²) in [5.41, 5.74) is 4.32. The largest absolute Gasteiger partial charge is 0.354 e. The Hall–Kier alpha value is -0.900. The van der Waals surface area contributed by atoms with Crippen LogP contribution in [0.1, 0.15) is 40.0 Å². The molecule has 0 aromatic carbocycles. The van der Waals surface area contributed by atoms with E-state index in [0.717, 1.165) is 12.8 Å². The fourth-order valence-electron chi connectivity index (χ4n) is 3.72. The lowest BCUT2D eigenvalue weighted by molar-refractivity contribution is -0.136. The van der Waals surface area contributed by atoms with Crippen molar-refractivity contribution in [2.45, 2.75) is 40.0 Å². The van der Waals surface area contributed by atoms with Gasteiger partial charge in [0.15, 0.2) is 0 Å². The van der Waals surface area contributed by atoms with Crippen molar-refractivity contribution in [1.29, 1.82) is 0 Å². The van der Waals surface area contributed by atoms with Gasteiger partial charge in [0.25, 0.3) is 0 Å². The van der Waals surface area contributed by atoms with Crippen molar-refractivity contribution >= 4 is 11.7 Å². The molecule has 2 bridgehead atoms. The van der Waals surface area contributed by atoms with Gasteiger partial charge in [-0.2, -0.15) is 0 Å². The molecule has 2 atom stereocenters. The number of fused-ring (bicyclic) bond motifs is 2. The van der Waals surface area contributed by atoms with Crippen LogP contribution in [0.15, 0.2) is 0 Å². The highest BCUT2D eigenvalue weighted by Gasteiger charge is 2.72. The number of Topliss-reactive ketones (excluding diaryl/α,β-unsaturated/α-hetero) is 1. The number of carbonyl (C=O) groups is 2. The average Bonchev–Trinajstić information content (AvgIpc) is 2.56. The third kappa shape index (κ3) is 1.27. The second-order valence-electron chi connectivity index (χ2n) is 6.18. The van der Waals surface area contributed by atoms with E-state index < -0.39 is 5.41 Å². The van der Waals surface area contributed by atoms with Gasteiger partial charge in [-0.1, -0.05) is 20.8 Å². The summed E-state index contributed by atoms with van der Waals surface area (Å²) < 4.78 is 0. The molecule has 0 aromatic rings. The first-order chi connectivity index (χ1) is 7.82. The van der Waals surface area contributed by atoms with Crippen molar-refractivity contribution in [3.63, 3.8) is 0 Å². The van der Waals surface area contributed by atoms with E-state index in [2.05, 4.69) is 19.2 Å². The van der Waals surface area contributed by atoms with E-state index in [-0.39, 0.29) is 22.5 Å². The summed E-state index contributed by atoms with van der Waals surface area (Å²) in [5, 5.41) is 2.87. The van der Waals surface area contributed by atoms with Crippen molar-refractivity contribution in [2.75, 3.05) is 13.1 Å². The zero-order valence-electron chi connectivity index (χ0n) is 10.9. The lowest BCUT2D eigenvalue weighted by atomic mass is 9.64. The molecule has 96 valence electrons. The molecule has 4 nitrogen and oxygen atoms in total. The Kier molecular flexibility index (Phi) is 2.62. The van der Waals surface area contributed by atoms with Crippen molar-refractivity contribution in [1.82, 2.24) is 5.32 Å². The number of nitrogens with two attached hydrogens (primary N) is 1. The second kappa shape index (κ2) is 3.55. The molecule has 4 heteroatoms. The molecule has 2 saturated carbocycles. The van der Waals surface area contributed by atoms with Crippen LogP contribution in [0.25, 0.3) is 0 Å². The summed E-state index contributed by atoms with van der Waals surface area (Å²) in [4.78, 5) is 24.5. The highest BCUT2D eigenvalue weighted by Crippen LogP contribution is 2.70. The molecule has 2 rings (SSSR count). The molecular weight excluding hydrogens is 216 g/mol. The molecule has 2 aliphatic rings. The Morgan fingerprint density at radius 3 is 2.41 bits per heavy atom. The van der Waals surface area contributed by atoms with Crippen LogP contribution in [-0.4, -0.2) is 24.8 Å². The maximum absolute atomic E-state index is 12.4. The monoisotopic (exact) mass is 238 g/mol. The molecule has 0 spiro atoms. The normalized spacial score (nSPS) is 38.5. The molecule has 0 heterocycles. The number of hydrogen-bond donors (Lipinski definition) is 2. The number of hydrogen-bond acceptors (Lipinski definition) is 3. The minimum Gasteiger partial charge on any atom is -0.354 e. The molecule has 17 heavy (non-hydrogen) atoms. The fraction of sp³-hybridized carbons (Fsp3) is 0.846. The lowest BCUT2D eigenvalue weighted by Gasteiger charge is -2.38. The van der Waals surface area contributed by atoms with Crippen LogP contribution in [0.2, 0.25) is 0 Å². The molecule has 0 aromatic heterocycles. The molecule has 0 unspecified atom stereocenters. The molecule has 3 N–H and O–H groups in total. The van der Waals surface area contributed by atoms with Crippen molar-refractivity contribution in [3.8, 4) is 0 Å². The smallest absolute Gasteiger partial charge is 0.227 e. The van der Waals surface area contributed by atoms with E-state index >= 15 is 0 Å². The van der Waals surface area contributed by atoms with Gasteiger partial charge in [-0.25, -0.2) is 0 Å². The first-order valence-electron chi connectivity index (χ1n) is 6.33. The first-order valence-corrected chi connectivity index (χ1v) is 6.33. The van der Waals surface area contributed by atoms with Crippen LogP contribution < -0.4 is 11.1 Å². The first kappa shape index (κ1) is 12.6. The van der Waals surface area contributed by atoms with Crippen LogP contribution >= 0.6 is 0 Å². The van der Waals surface area contributed by atoms with Crippen LogP contribution in [0.4, 0.5) is 0 Å². The van der Waals surface area contributed by atoms with Gasteiger partial charge in [0, 0.05) is 24.9 Å². The maximum Gasteiger partial charge on any atom is 0.227 e. The second-order valence-corrected chi connectivity index (χ2v) is 6.18. The summed E-state index contributed by atoms with van der Waals surface area (Å²) in [6.45, 7) is 7.06. The number of carbonyl (C=O) groups excluding carboxylic acids is 2. The molecule has 1 amide bonds. The minimum absolute atomic E-state index is 0.0162. The molecular formula is C13H22N2O2. The van der Waals surface area contributed by atoms with Crippen LogP contribution in [0, 0.1) is 16.2 Å². The van der Waals surface area contributed by atoms with Gasteiger partial charge in [0.05, 0.1) is 5.41 Å². The van der Waals surface area contributed by atoms with Gasteiger partial charge in [0.2, 0.25) is 5.91 Å². The predicted octanol–water partition coefficient (Wildman–Crippen LogP) is 0.847. The van der Waals surface area contributed by atoms with Gasteiger partial charge in [-0.05, 0) is 18.3 Å². The topological polar surface area (TPSA) is 72.2 Å². The number of rotatable bonds is 3. The van der Waals surface area contributed by atoms with Crippen molar-refractivity contribution in [2.24, 2.45) is 22.0 Å². The zero-order chi connectivity index (χ0) is 12.9. The summed E-state index contributed by atoms with van der Waals surface area (Å²) in [7, 11) is 0. The van der Waals surface area contributed by atoms with E-state index in [9.17, 15) is 9.59 Å². The van der Waals surface area contributed by atoms with Crippen molar-refractivity contribution < 1.29 is 9.59 Å². The Labute approximate surface area is 102 Å². The predicted molar refractivity (Wildman–Crippen MR) is 65.2 cm³/mol. The molecule has 0 radical (unpaired) electrons. The highest BCUT2D eigenvalue weighted by molar-refractivity contribution is 5.99. The van der Waals surface area contributed by atoms with Crippen LogP contribution in [0.3, 0.4) is 0 Å². The third-order valence-electron chi connectivity index (χ3n) is 5.57. The van der Waals surface area contributed by atoms with Crippen molar-refractivity contribution in [3.05, 3.63) is 0 Å². The van der Waals surface area contributed by atoms with Crippen LogP contribution in [-0.2, 0) is 9.59 Å². The minimum atomic E-state index is -0.506. The Bertz CT molecular complexity index is 378. The zero-order valence-corrected chi connectivity index (χ0v) is 10.9. The SMILES string of the molecule is CC1(C)[C@]2(C(=O)NCCN)CC[C@]1(C)C(=O)C2. The molecule has 2 fully saturated rings. The Balaban J connectivity index is 2.33. The Morgan fingerprint density at radius 1 is 1.35 bits per heavy atom. The van der Waals surface area contributed by atoms with Crippen LogP contribution in [0.5, 0.6) is 0 Å². The molecule has 0 aliphatic heterocycles. The van der Waals surface area contributed by atoms with Gasteiger partial charge in [-0.3, -0.25) is 9.59 Å². The maximum atomic E-state index is 12.4. The average molecular weight is 238 g/mol. The molecule has 2 aliphatic carbocycles. The highest BCUT2D eigenvalue weighted by atomic mass is 16.2. The number of nitrogens with one attached hydrogen (secondary N) is 1. The summed E-state index contributed by atoms with van der Waals surface area (Å²) in [6, 6.07) is 0. The van der Waals surface area contributed by atoms with E-state index in [4.69, 9.17) is 5.73 Å². The third-order valence-corrected chi connectivity index (χ3v) is 5.57. The summed E-state index contributed by atoms with van der Waals surface area (Å²) in [6.07, 6.45) is 2.04. The summed E-state index contributed by atoms with van der Waals surface area (Å²) >= 11 is 0. The summed E-state index contributed by atoms with van der Waals surface area (Å²) in [5.74, 6) is 0.263. The quantitative estimate of drug-likeness (QED) is 0.765. The standard InChI is InChI=1S/C13H22N2O2/c1-11(2)12(3)4-5-13(11,8-9(12)16)10(17)15-7-6-14/h4-8,14H2,1-3H3,(H,15,17)/t12-,13-/m1/s1.